The Balaban J connectivity index is 0.000000232. The highest BCUT2D eigenvalue weighted by Crippen LogP contribution is 2.28. The molecule has 0 spiro atoms. The largest absolute Gasteiger partial charge is 0.496 e. The second-order valence-electron chi connectivity index (χ2n) is 6.11. The third-order valence-electron chi connectivity index (χ3n) is 3.81. The van der Waals surface area contributed by atoms with Crippen LogP contribution in [0.2, 0.25) is 0 Å². The van der Waals surface area contributed by atoms with Crippen molar-refractivity contribution in [1.29, 1.82) is 0 Å². The average molecular weight is 442 g/mol. The van der Waals surface area contributed by atoms with Gasteiger partial charge in [0, 0.05) is 10.9 Å². The van der Waals surface area contributed by atoms with Crippen molar-refractivity contribution in [2.45, 2.75) is 0 Å². The number of hydrogen-bond donors (Lipinski definition) is 0. The highest BCUT2D eigenvalue weighted by Gasteiger charge is 2.20. The van der Waals surface area contributed by atoms with Gasteiger partial charge in [-0.3, -0.25) is 4.79 Å². The van der Waals surface area contributed by atoms with E-state index in [-0.39, 0.29) is 16.7 Å². The fraction of sp³-hybridized carbons (Fsp3) is 0.190. The Bertz CT molecular complexity index is 984. The highest BCUT2D eigenvalue weighted by molar-refractivity contribution is 7.96. The molecule has 0 aliphatic carbocycles. The molecule has 3 aromatic rings. The molecule has 0 saturated heterocycles. The van der Waals surface area contributed by atoms with Gasteiger partial charge in [0.05, 0.1) is 19.6 Å². The highest BCUT2D eigenvalue weighted by atomic mass is 32.2. The van der Waals surface area contributed by atoms with Crippen LogP contribution in [-0.4, -0.2) is 39.0 Å². The topological polar surface area (TPSA) is 26.3 Å². The molecule has 0 aliphatic rings. The van der Waals surface area contributed by atoms with Gasteiger partial charge in [-0.05, 0) is 36.3 Å². The Morgan fingerprint density at radius 2 is 1.37 bits per heavy atom. The van der Waals surface area contributed by atoms with Crippen molar-refractivity contribution in [3.8, 4) is 5.75 Å². The number of ketones is 1. The van der Waals surface area contributed by atoms with E-state index in [2.05, 4.69) is 12.5 Å². The monoisotopic (exact) mass is 442 g/mol. The van der Waals surface area contributed by atoms with Crippen molar-refractivity contribution in [2.24, 2.45) is 0 Å². The summed E-state index contributed by atoms with van der Waals surface area (Å²) in [5, 5.41) is 1.98. The predicted octanol–water partition coefficient (Wildman–Crippen LogP) is 3.28. The van der Waals surface area contributed by atoms with Gasteiger partial charge in [0.1, 0.15) is 17.4 Å². The SMILES string of the molecule is COc1ccc(C(=O)C[S+](C)C)c2ccccc12.[BH3-]c1c(F)c(F)c(F)c(F)c1F. The van der Waals surface area contributed by atoms with Crippen LogP contribution in [0.4, 0.5) is 22.0 Å². The van der Waals surface area contributed by atoms with Crippen LogP contribution in [0.5, 0.6) is 5.75 Å². The molecule has 0 amide bonds. The molecular weight excluding hydrogens is 422 g/mol. The first-order valence-corrected chi connectivity index (χ1v) is 10.4. The van der Waals surface area contributed by atoms with E-state index in [1.807, 2.05) is 36.4 Å². The average Bonchev–Trinajstić information content (AvgIpc) is 2.74. The number of Topliss-reactive ketones (excluding diaryl/α,β-unsaturated/α-hetero) is 1. The van der Waals surface area contributed by atoms with E-state index >= 15 is 0 Å². The number of halogens is 5. The van der Waals surface area contributed by atoms with Crippen LogP contribution in [0.15, 0.2) is 36.4 Å². The number of ether oxygens (including phenoxy) is 1. The molecule has 0 heterocycles. The predicted molar refractivity (Wildman–Crippen MR) is 115 cm³/mol. The third-order valence-corrected chi connectivity index (χ3v) is 4.65. The molecular formula is C21H20BF5O2S. The van der Waals surface area contributed by atoms with Crippen LogP contribution in [0.3, 0.4) is 0 Å². The summed E-state index contributed by atoms with van der Waals surface area (Å²) in [7, 11) is 0.720. The Morgan fingerprint density at radius 1 is 0.867 bits per heavy atom. The maximum atomic E-state index is 12.5. The summed E-state index contributed by atoms with van der Waals surface area (Å²) >= 11 is 0. The Kier molecular flexibility index (Phi) is 7.89. The summed E-state index contributed by atoms with van der Waals surface area (Å²) in [6, 6.07) is 11.6. The molecule has 0 aliphatic heterocycles. The fourth-order valence-electron chi connectivity index (χ4n) is 2.53. The number of fused-ring (bicyclic) bond motifs is 1. The molecule has 0 saturated carbocycles. The lowest BCUT2D eigenvalue weighted by Crippen LogP contribution is -2.20. The minimum absolute atomic E-state index is 0.123. The van der Waals surface area contributed by atoms with Gasteiger partial charge < -0.3 is 4.74 Å². The molecule has 9 heteroatoms. The lowest BCUT2D eigenvalue weighted by Gasteiger charge is -2.09. The molecule has 160 valence electrons. The number of hydrogen-bond acceptors (Lipinski definition) is 2. The maximum absolute atomic E-state index is 12.5. The Hall–Kier alpha value is -2.55. The molecule has 3 rings (SSSR count). The number of rotatable bonds is 4. The van der Waals surface area contributed by atoms with E-state index in [4.69, 9.17) is 4.74 Å². The lowest BCUT2D eigenvalue weighted by atomic mass is 9.94. The lowest BCUT2D eigenvalue weighted by molar-refractivity contribution is 0.102. The summed E-state index contributed by atoms with van der Waals surface area (Å²) in [5.41, 5.74) is 0.180. The van der Waals surface area contributed by atoms with E-state index < -0.39 is 42.4 Å². The van der Waals surface area contributed by atoms with Crippen molar-refractivity contribution in [3.63, 3.8) is 0 Å². The minimum Gasteiger partial charge on any atom is -0.496 e. The second kappa shape index (κ2) is 9.97. The molecule has 0 aromatic heterocycles. The van der Waals surface area contributed by atoms with E-state index in [0.717, 1.165) is 22.1 Å². The molecule has 0 atom stereocenters. The fourth-order valence-corrected chi connectivity index (χ4v) is 3.21. The van der Waals surface area contributed by atoms with Crippen molar-refractivity contribution < 1.29 is 31.5 Å². The zero-order valence-corrected chi connectivity index (χ0v) is 16.6. The molecule has 0 N–H and O–H groups in total. The molecule has 30 heavy (non-hydrogen) atoms. The van der Waals surface area contributed by atoms with Gasteiger partial charge in [0.25, 0.3) is 0 Å². The quantitative estimate of drug-likeness (QED) is 0.155. The van der Waals surface area contributed by atoms with E-state index in [1.165, 1.54) is 0 Å². The number of carbonyl (C=O) groups is 1. The van der Waals surface area contributed by atoms with Gasteiger partial charge in [0.15, 0.2) is 23.2 Å². The standard InChI is InChI=1S/C15H17O2S.C6H3BF5/c1-17-15-9-8-12(14(16)10-18(2)3)11-6-4-5-7-13(11)15;7-1-2(8)4(10)6(12)5(11)3(1)9/h4-9H,10H2,1-3H3;7H3/q+1;-1. The molecule has 0 unspecified atom stereocenters. The summed E-state index contributed by atoms with van der Waals surface area (Å²) in [6.45, 7) is 0. The smallest absolute Gasteiger partial charge is 0.212 e. The maximum Gasteiger partial charge on any atom is 0.212 e. The first-order valence-electron chi connectivity index (χ1n) is 8.21. The van der Waals surface area contributed by atoms with Crippen LogP contribution in [-0.2, 0) is 10.9 Å². The summed E-state index contributed by atoms with van der Waals surface area (Å²) in [6.07, 6.45) is 4.17. The first-order chi connectivity index (χ1) is 14.1. The first kappa shape index (κ1) is 23.7. The van der Waals surface area contributed by atoms with Gasteiger partial charge in [-0.15, -0.1) is 5.46 Å². The van der Waals surface area contributed by atoms with Crippen molar-refractivity contribution in [3.05, 3.63) is 71.0 Å². The van der Waals surface area contributed by atoms with E-state index in [1.54, 1.807) is 7.11 Å². The molecule has 0 radical (unpaired) electrons. The normalized spacial score (nSPS) is 10.7. The molecule has 0 fully saturated rings. The van der Waals surface area contributed by atoms with Crippen LogP contribution < -0.4 is 10.2 Å². The van der Waals surface area contributed by atoms with Crippen molar-refractivity contribution >= 4 is 40.8 Å². The van der Waals surface area contributed by atoms with Crippen LogP contribution in [0.1, 0.15) is 10.4 Å². The van der Waals surface area contributed by atoms with E-state index in [0.29, 0.717) is 5.75 Å². The number of carbonyl (C=O) groups excluding carboxylic acids is 1. The summed E-state index contributed by atoms with van der Waals surface area (Å²) < 4.78 is 67.1. The second-order valence-corrected chi connectivity index (χ2v) is 8.37. The van der Waals surface area contributed by atoms with Gasteiger partial charge in [-0.2, -0.15) is 0 Å². The molecule has 0 bridgehead atoms. The zero-order chi connectivity index (χ0) is 22.6. The Morgan fingerprint density at radius 3 is 1.87 bits per heavy atom. The van der Waals surface area contributed by atoms with Crippen LogP contribution in [0, 0.1) is 29.1 Å². The van der Waals surface area contributed by atoms with Gasteiger partial charge >= 0.3 is 0 Å². The van der Waals surface area contributed by atoms with Gasteiger partial charge in [-0.25, -0.2) is 22.0 Å². The molecule has 3 aromatic carbocycles. The van der Waals surface area contributed by atoms with Gasteiger partial charge in [0.2, 0.25) is 5.78 Å². The zero-order valence-electron chi connectivity index (χ0n) is 15.8. The summed E-state index contributed by atoms with van der Waals surface area (Å²) in [5.74, 6) is -7.50. The summed E-state index contributed by atoms with van der Waals surface area (Å²) in [4.78, 5) is 12.2. The van der Waals surface area contributed by atoms with Crippen LogP contribution in [0.25, 0.3) is 10.8 Å². The minimum atomic E-state index is -2.09. The van der Waals surface area contributed by atoms with E-state index in [9.17, 15) is 26.7 Å². The van der Waals surface area contributed by atoms with Crippen LogP contribution >= 0.6 is 0 Å². The number of methoxy groups -OCH3 is 1. The Labute approximate surface area is 174 Å². The van der Waals surface area contributed by atoms with Crippen molar-refractivity contribution in [1.82, 2.24) is 0 Å². The molecule has 2 nitrogen and oxygen atoms in total. The van der Waals surface area contributed by atoms with Gasteiger partial charge in [-0.1, -0.05) is 24.3 Å². The number of benzene rings is 3. The van der Waals surface area contributed by atoms with Crippen molar-refractivity contribution in [2.75, 3.05) is 25.4 Å². The third kappa shape index (κ3) is 4.95.